The number of hydrogen-bond donors (Lipinski definition) is 2. The highest BCUT2D eigenvalue weighted by molar-refractivity contribution is 5.92. The summed E-state index contributed by atoms with van der Waals surface area (Å²) in [6, 6.07) is 2.21. The van der Waals surface area contributed by atoms with Crippen LogP contribution in [0.1, 0.15) is 61.5 Å². The first kappa shape index (κ1) is 18.9. The van der Waals surface area contributed by atoms with Gasteiger partial charge in [-0.2, -0.15) is 5.10 Å². The van der Waals surface area contributed by atoms with Crippen LogP contribution in [0.15, 0.2) is 12.3 Å². The second-order valence-electron chi connectivity index (χ2n) is 8.25. The average Bonchev–Trinajstić information content (AvgIpc) is 3.24. The summed E-state index contributed by atoms with van der Waals surface area (Å²) in [7, 11) is 0. The molecule has 3 aliphatic rings. The molecule has 0 saturated carbocycles. The van der Waals surface area contributed by atoms with Gasteiger partial charge in [-0.15, -0.1) is 0 Å². The van der Waals surface area contributed by atoms with E-state index >= 15 is 0 Å². The molecule has 1 atom stereocenters. The van der Waals surface area contributed by atoms with Gasteiger partial charge >= 0.3 is 0 Å². The van der Waals surface area contributed by atoms with Gasteiger partial charge in [0.15, 0.2) is 0 Å². The molecule has 1 amide bonds. The van der Waals surface area contributed by atoms with E-state index < -0.39 is 0 Å². The van der Waals surface area contributed by atoms with E-state index in [1.54, 1.807) is 0 Å². The number of rotatable bonds is 5. The Morgan fingerprint density at radius 1 is 1.26 bits per heavy atom. The summed E-state index contributed by atoms with van der Waals surface area (Å²) < 4.78 is 7.57. The van der Waals surface area contributed by atoms with Crippen molar-refractivity contribution in [2.75, 3.05) is 45.9 Å². The van der Waals surface area contributed by atoms with Crippen LogP contribution in [0.2, 0.25) is 0 Å². The van der Waals surface area contributed by atoms with Crippen LogP contribution in [0.3, 0.4) is 0 Å². The van der Waals surface area contributed by atoms with E-state index in [2.05, 4.69) is 20.6 Å². The molecule has 1 unspecified atom stereocenters. The van der Waals surface area contributed by atoms with E-state index in [0.29, 0.717) is 18.3 Å². The highest BCUT2D eigenvalue weighted by Gasteiger charge is 2.39. The molecule has 1 aromatic rings. The van der Waals surface area contributed by atoms with Crippen molar-refractivity contribution in [2.24, 2.45) is 0 Å². The molecule has 0 spiro atoms. The van der Waals surface area contributed by atoms with Crippen molar-refractivity contribution >= 4 is 5.91 Å². The van der Waals surface area contributed by atoms with Gasteiger partial charge in [-0.3, -0.25) is 14.4 Å². The largest absolute Gasteiger partial charge is 0.381 e. The third-order valence-corrected chi connectivity index (χ3v) is 6.51. The molecule has 27 heavy (non-hydrogen) atoms. The van der Waals surface area contributed by atoms with Gasteiger partial charge < -0.3 is 15.4 Å². The first-order valence-corrected chi connectivity index (χ1v) is 10.6. The fraction of sp³-hybridized carbons (Fsp3) is 0.800. The average molecular weight is 376 g/mol. The lowest BCUT2D eigenvalue weighted by Gasteiger charge is -2.48. The number of nitrogens with zero attached hydrogens (tertiary/aromatic N) is 3. The molecule has 4 rings (SSSR count). The summed E-state index contributed by atoms with van der Waals surface area (Å²) >= 11 is 0. The molecular formula is C20H33N5O2. The lowest BCUT2D eigenvalue weighted by Crippen LogP contribution is -2.59. The van der Waals surface area contributed by atoms with Gasteiger partial charge in [-0.25, -0.2) is 0 Å². The lowest BCUT2D eigenvalue weighted by atomic mass is 9.86. The SMILES string of the molecule is O=C(NCC1(N2CCCCC2)CCOCC1)c1ccn(C2CCCNC2)n1. The van der Waals surface area contributed by atoms with Gasteiger partial charge in [-0.05, 0) is 64.2 Å². The fourth-order valence-electron chi connectivity index (χ4n) is 4.78. The smallest absolute Gasteiger partial charge is 0.271 e. The van der Waals surface area contributed by atoms with Crippen LogP contribution in [0.4, 0.5) is 0 Å². The minimum atomic E-state index is -0.0552. The summed E-state index contributed by atoms with van der Waals surface area (Å²) in [5.41, 5.74) is 0.575. The number of piperidine rings is 2. The third kappa shape index (κ3) is 4.36. The third-order valence-electron chi connectivity index (χ3n) is 6.51. The van der Waals surface area contributed by atoms with Gasteiger partial charge in [-0.1, -0.05) is 6.42 Å². The van der Waals surface area contributed by atoms with E-state index in [1.807, 2.05) is 16.9 Å². The zero-order valence-electron chi connectivity index (χ0n) is 16.3. The van der Waals surface area contributed by atoms with Gasteiger partial charge in [0.05, 0.1) is 6.04 Å². The van der Waals surface area contributed by atoms with Crippen LogP contribution in [0.25, 0.3) is 0 Å². The van der Waals surface area contributed by atoms with Crippen LogP contribution in [-0.4, -0.2) is 72.1 Å². The predicted molar refractivity (Wildman–Crippen MR) is 104 cm³/mol. The Kier molecular flexibility index (Phi) is 6.10. The Morgan fingerprint density at radius 2 is 2.07 bits per heavy atom. The number of nitrogens with one attached hydrogen (secondary N) is 2. The quantitative estimate of drug-likeness (QED) is 0.818. The molecule has 2 N–H and O–H groups in total. The van der Waals surface area contributed by atoms with Crippen LogP contribution >= 0.6 is 0 Å². The molecule has 0 aliphatic carbocycles. The van der Waals surface area contributed by atoms with Crippen LogP contribution < -0.4 is 10.6 Å². The Labute approximate surface area is 161 Å². The Hall–Kier alpha value is -1.44. The standard InChI is InChI=1S/C20H33N5O2/c26-19(18-6-12-25(23-18)17-5-4-9-21-15-17)22-16-20(7-13-27-14-8-20)24-10-2-1-3-11-24/h6,12,17,21H,1-5,7-11,13-16H2,(H,22,26). The van der Waals surface area contributed by atoms with E-state index in [9.17, 15) is 4.79 Å². The van der Waals surface area contributed by atoms with E-state index in [-0.39, 0.29) is 11.4 Å². The number of likely N-dealkylation sites (tertiary alicyclic amines) is 1. The highest BCUT2D eigenvalue weighted by atomic mass is 16.5. The van der Waals surface area contributed by atoms with Crippen molar-refractivity contribution < 1.29 is 9.53 Å². The molecule has 1 aromatic heterocycles. The number of carbonyl (C=O) groups excluding carboxylic acids is 1. The van der Waals surface area contributed by atoms with Crippen molar-refractivity contribution in [1.82, 2.24) is 25.3 Å². The normalized spacial score (nSPS) is 26.6. The molecule has 7 heteroatoms. The molecule has 150 valence electrons. The molecule has 0 aromatic carbocycles. The molecule has 7 nitrogen and oxygen atoms in total. The summed E-state index contributed by atoms with van der Waals surface area (Å²) in [6.45, 7) is 6.55. The number of ether oxygens (including phenoxy) is 1. The lowest BCUT2D eigenvalue weighted by molar-refractivity contribution is -0.0349. The Balaban J connectivity index is 1.38. The predicted octanol–water partition coefficient (Wildman–Crippen LogP) is 1.57. The first-order valence-electron chi connectivity index (χ1n) is 10.6. The summed E-state index contributed by atoms with van der Waals surface area (Å²) in [6.07, 6.45) is 10.1. The van der Waals surface area contributed by atoms with Crippen LogP contribution in [0.5, 0.6) is 0 Å². The van der Waals surface area contributed by atoms with Crippen molar-refractivity contribution in [3.63, 3.8) is 0 Å². The summed E-state index contributed by atoms with van der Waals surface area (Å²) in [5.74, 6) is -0.0552. The monoisotopic (exact) mass is 375 g/mol. The molecule has 4 heterocycles. The zero-order valence-corrected chi connectivity index (χ0v) is 16.3. The molecule has 0 bridgehead atoms. The summed E-state index contributed by atoms with van der Waals surface area (Å²) in [4.78, 5) is 15.4. The fourth-order valence-corrected chi connectivity index (χ4v) is 4.78. The molecule has 3 saturated heterocycles. The maximum absolute atomic E-state index is 12.8. The number of hydrogen-bond acceptors (Lipinski definition) is 5. The van der Waals surface area contributed by atoms with Crippen molar-refractivity contribution in [2.45, 2.75) is 56.5 Å². The minimum Gasteiger partial charge on any atom is -0.381 e. The van der Waals surface area contributed by atoms with E-state index in [0.717, 1.165) is 65.1 Å². The van der Waals surface area contributed by atoms with Gasteiger partial charge in [0.1, 0.15) is 5.69 Å². The van der Waals surface area contributed by atoms with Crippen LogP contribution in [0, 0.1) is 0 Å². The van der Waals surface area contributed by atoms with Crippen molar-refractivity contribution in [1.29, 1.82) is 0 Å². The van der Waals surface area contributed by atoms with Crippen LogP contribution in [-0.2, 0) is 4.74 Å². The second-order valence-corrected chi connectivity index (χ2v) is 8.25. The Morgan fingerprint density at radius 3 is 2.81 bits per heavy atom. The number of aromatic nitrogens is 2. The van der Waals surface area contributed by atoms with Crippen molar-refractivity contribution in [3.8, 4) is 0 Å². The minimum absolute atomic E-state index is 0.0458. The maximum Gasteiger partial charge on any atom is 0.271 e. The maximum atomic E-state index is 12.8. The van der Waals surface area contributed by atoms with E-state index in [1.165, 1.54) is 19.3 Å². The molecule has 3 aliphatic heterocycles. The first-order chi connectivity index (χ1) is 13.3. The highest BCUT2D eigenvalue weighted by Crippen LogP contribution is 2.30. The number of carbonyl (C=O) groups is 1. The topological polar surface area (TPSA) is 71.4 Å². The Bertz CT molecular complexity index is 614. The van der Waals surface area contributed by atoms with Gasteiger partial charge in [0, 0.05) is 38.0 Å². The van der Waals surface area contributed by atoms with Crippen molar-refractivity contribution in [3.05, 3.63) is 18.0 Å². The van der Waals surface area contributed by atoms with Gasteiger partial charge in [0.25, 0.3) is 5.91 Å². The summed E-state index contributed by atoms with van der Waals surface area (Å²) in [5, 5.41) is 11.2. The second kappa shape index (κ2) is 8.71. The molecule has 0 radical (unpaired) electrons. The number of amides is 1. The molecule has 3 fully saturated rings. The molecular weight excluding hydrogens is 342 g/mol. The zero-order chi connectivity index (χ0) is 18.5. The van der Waals surface area contributed by atoms with Gasteiger partial charge in [0.2, 0.25) is 0 Å². The van der Waals surface area contributed by atoms with E-state index in [4.69, 9.17) is 4.74 Å².